The molecule has 0 unspecified atom stereocenters. The highest BCUT2D eigenvalue weighted by molar-refractivity contribution is 5.94. The first-order valence-electron chi connectivity index (χ1n) is 6.92. The molecule has 2 nitrogen and oxygen atoms in total. The SMILES string of the molecule is O=C(/C=C/NC12CC3CC(CC(C3)C1)C2)C(F)(F)F. The summed E-state index contributed by atoms with van der Waals surface area (Å²) in [7, 11) is 0. The van der Waals surface area contributed by atoms with Gasteiger partial charge in [0.25, 0.3) is 5.78 Å². The monoisotopic (exact) mass is 273 g/mol. The average Bonchev–Trinajstić information content (AvgIpc) is 2.25. The first kappa shape index (κ1) is 13.0. The van der Waals surface area contributed by atoms with Gasteiger partial charge in [-0.2, -0.15) is 13.2 Å². The Morgan fingerprint density at radius 1 is 1.05 bits per heavy atom. The molecule has 4 saturated carbocycles. The Hall–Kier alpha value is -1.00. The predicted octanol–water partition coefficient (Wildman–Crippen LogP) is 3.19. The Kier molecular flexibility index (Phi) is 2.91. The van der Waals surface area contributed by atoms with Gasteiger partial charge in [-0.25, -0.2) is 0 Å². The van der Waals surface area contributed by atoms with Crippen molar-refractivity contribution in [2.75, 3.05) is 0 Å². The molecule has 0 spiro atoms. The van der Waals surface area contributed by atoms with Crippen LogP contribution < -0.4 is 5.32 Å². The summed E-state index contributed by atoms with van der Waals surface area (Å²) >= 11 is 0. The molecular weight excluding hydrogens is 255 g/mol. The maximum absolute atomic E-state index is 12.1. The predicted molar refractivity (Wildman–Crippen MR) is 64.2 cm³/mol. The Bertz CT molecular complexity index is 378. The van der Waals surface area contributed by atoms with E-state index in [-0.39, 0.29) is 5.54 Å². The zero-order valence-electron chi connectivity index (χ0n) is 10.7. The lowest BCUT2D eigenvalue weighted by atomic mass is 9.53. The van der Waals surface area contributed by atoms with Crippen molar-refractivity contribution < 1.29 is 18.0 Å². The van der Waals surface area contributed by atoms with Gasteiger partial charge in [0.2, 0.25) is 0 Å². The van der Waals surface area contributed by atoms with Crippen molar-refractivity contribution in [2.45, 2.75) is 50.2 Å². The second kappa shape index (κ2) is 4.25. The summed E-state index contributed by atoms with van der Waals surface area (Å²) in [6.45, 7) is 0. The van der Waals surface area contributed by atoms with Crippen LogP contribution in [0.15, 0.2) is 12.3 Å². The summed E-state index contributed by atoms with van der Waals surface area (Å²) in [5.41, 5.74) is -0.0445. The molecule has 0 aromatic rings. The maximum Gasteiger partial charge on any atom is 0.454 e. The van der Waals surface area contributed by atoms with E-state index < -0.39 is 12.0 Å². The van der Waals surface area contributed by atoms with E-state index in [0.29, 0.717) is 6.08 Å². The van der Waals surface area contributed by atoms with Crippen molar-refractivity contribution in [2.24, 2.45) is 17.8 Å². The largest absolute Gasteiger partial charge is 0.454 e. The van der Waals surface area contributed by atoms with Gasteiger partial charge in [-0.1, -0.05) is 0 Å². The zero-order valence-corrected chi connectivity index (χ0v) is 10.7. The van der Waals surface area contributed by atoms with E-state index in [9.17, 15) is 18.0 Å². The third-order valence-corrected chi connectivity index (χ3v) is 4.94. The molecule has 4 bridgehead atoms. The third kappa shape index (κ3) is 2.51. The summed E-state index contributed by atoms with van der Waals surface area (Å²) in [6.07, 6.45) is 4.07. The fraction of sp³-hybridized carbons (Fsp3) is 0.786. The van der Waals surface area contributed by atoms with E-state index in [1.807, 2.05) is 0 Å². The zero-order chi connectivity index (χ0) is 13.7. The highest BCUT2D eigenvalue weighted by Gasteiger charge is 2.50. The van der Waals surface area contributed by atoms with Crippen molar-refractivity contribution in [3.05, 3.63) is 12.3 Å². The van der Waals surface area contributed by atoms with Crippen LogP contribution in [0.4, 0.5) is 13.2 Å². The van der Waals surface area contributed by atoms with Crippen LogP contribution in [0.5, 0.6) is 0 Å². The van der Waals surface area contributed by atoms with Gasteiger partial charge in [-0.15, -0.1) is 0 Å². The van der Waals surface area contributed by atoms with Crippen LogP contribution in [0.1, 0.15) is 38.5 Å². The van der Waals surface area contributed by atoms with Crippen LogP contribution >= 0.6 is 0 Å². The minimum atomic E-state index is -4.76. The molecule has 4 aliphatic carbocycles. The van der Waals surface area contributed by atoms with Crippen molar-refractivity contribution >= 4 is 5.78 Å². The van der Waals surface area contributed by atoms with E-state index >= 15 is 0 Å². The van der Waals surface area contributed by atoms with Gasteiger partial charge in [0.15, 0.2) is 0 Å². The van der Waals surface area contributed by atoms with E-state index in [1.165, 1.54) is 25.5 Å². The molecule has 0 saturated heterocycles. The van der Waals surface area contributed by atoms with Crippen LogP contribution in [0.3, 0.4) is 0 Å². The van der Waals surface area contributed by atoms with Crippen molar-refractivity contribution in [3.8, 4) is 0 Å². The number of halogens is 3. The number of carbonyl (C=O) groups is 1. The van der Waals surface area contributed by atoms with Crippen molar-refractivity contribution in [3.63, 3.8) is 0 Å². The van der Waals surface area contributed by atoms with Crippen LogP contribution in [-0.4, -0.2) is 17.5 Å². The summed E-state index contributed by atoms with van der Waals surface area (Å²) in [5.74, 6) is 0.395. The van der Waals surface area contributed by atoms with Gasteiger partial charge < -0.3 is 5.32 Å². The normalized spacial score (nSPS) is 40.9. The van der Waals surface area contributed by atoms with E-state index in [4.69, 9.17) is 0 Å². The molecule has 0 aromatic carbocycles. The quantitative estimate of drug-likeness (QED) is 0.800. The number of rotatable bonds is 3. The lowest BCUT2D eigenvalue weighted by Crippen LogP contribution is -2.56. The van der Waals surface area contributed by atoms with E-state index in [2.05, 4.69) is 5.32 Å². The second-order valence-electron chi connectivity index (χ2n) is 6.54. The van der Waals surface area contributed by atoms with Crippen molar-refractivity contribution in [1.82, 2.24) is 5.32 Å². The molecule has 4 fully saturated rings. The van der Waals surface area contributed by atoms with Gasteiger partial charge in [-0.05, 0) is 56.3 Å². The van der Waals surface area contributed by atoms with Crippen molar-refractivity contribution in [1.29, 1.82) is 0 Å². The Balaban J connectivity index is 1.64. The fourth-order valence-corrected chi connectivity index (χ4v) is 4.68. The first-order chi connectivity index (χ1) is 8.86. The number of hydrogen-bond donors (Lipinski definition) is 1. The molecule has 1 N–H and O–H groups in total. The minimum Gasteiger partial charge on any atom is -0.385 e. The number of ketones is 1. The molecule has 0 aliphatic heterocycles. The lowest BCUT2D eigenvalue weighted by molar-refractivity contribution is -0.165. The first-order valence-corrected chi connectivity index (χ1v) is 6.92. The smallest absolute Gasteiger partial charge is 0.385 e. The third-order valence-electron chi connectivity index (χ3n) is 4.94. The number of alkyl halides is 3. The highest BCUT2D eigenvalue weighted by atomic mass is 19.4. The van der Waals surface area contributed by atoms with Crippen LogP contribution in [0.2, 0.25) is 0 Å². The van der Waals surface area contributed by atoms with Gasteiger partial charge in [-0.3, -0.25) is 4.79 Å². The molecule has 0 aromatic heterocycles. The van der Waals surface area contributed by atoms with Crippen LogP contribution in [-0.2, 0) is 4.79 Å². The van der Waals surface area contributed by atoms with Crippen LogP contribution in [0, 0.1) is 17.8 Å². The molecule has 0 amide bonds. The second-order valence-corrected chi connectivity index (χ2v) is 6.54. The summed E-state index contributed by atoms with van der Waals surface area (Å²) < 4.78 is 36.3. The standard InChI is InChI=1S/C14H18F3NO/c15-14(16,17)12(19)1-2-18-13-6-9-3-10(7-13)5-11(4-9)8-13/h1-2,9-11,18H,3-8H2/b2-1+. The van der Waals surface area contributed by atoms with E-state index in [1.54, 1.807) is 0 Å². The van der Waals surface area contributed by atoms with Gasteiger partial charge in [0.05, 0.1) is 0 Å². The summed E-state index contributed by atoms with van der Waals surface area (Å²) in [5, 5.41) is 3.13. The molecule has 4 aliphatic rings. The Morgan fingerprint density at radius 2 is 1.53 bits per heavy atom. The van der Waals surface area contributed by atoms with Gasteiger partial charge in [0.1, 0.15) is 0 Å². The summed E-state index contributed by atoms with van der Waals surface area (Å²) in [6, 6.07) is 0. The maximum atomic E-state index is 12.1. The van der Waals surface area contributed by atoms with E-state index in [0.717, 1.165) is 37.0 Å². The minimum absolute atomic E-state index is 0.0445. The number of nitrogens with one attached hydrogen (secondary N) is 1. The number of allylic oxidation sites excluding steroid dienone is 1. The molecule has 5 heteroatoms. The molecule has 0 atom stereocenters. The molecule has 0 heterocycles. The highest BCUT2D eigenvalue weighted by Crippen LogP contribution is 2.55. The molecule has 4 rings (SSSR count). The fourth-order valence-electron chi connectivity index (χ4n) is 4.68. The number of carbonyl (C=O) groups excluding carboxylic acids is 1. The van der Waals surface area contributed by atoms with Crippen LogP contribution in [0.25, 0.3) is 0 Å². The Labute approximate surface area is 110 Å². The lowest BCUT2D eigenvalue weighted by Gasteiger charge is -2.56. The molecule has 19 heavy (non-hydrogen) atoms. The summed E-state index contributed by atoms with van der Waals surface area (Å²) in [4.78, 5) is 10.8. The van der Waals surface area contributed by atoms with Gasteiger partial charge in [0, 0.05) is 17.8 Å². The molecular formula is C14H18F3NO. The Morgan fingerprint density at radius 3 is 1.95 bits per heavy atom. The number of hydrogen-bond acceptors (Lipinski definition) is 2. The topological polar surface area (TPSA) is 29.1 Å². The van der Waals surface area contributed by atoms with Gasteiger partial charge >= 0.3 is 6.18 Å². The molecule has 0 radical (unpaired) electrons. The average molecular weight is 273 g/mol. The molecule has 106 valence electrons.